The van der Waals surface area contributed by atoms with Crippen LogP contribution in [0.3, 0.4) is 0 Å². The molecule has 0 rings (SSSR count). The number of aliphatic hydroxyl groups is 2. The minimum atomic E-state index is -4.53. The summed E-state index contributed by atoms with van der Waals surface area (Å²) in [4.78, 5) is 22.5. The van der Waals surface area contributed by atoms with Crippen molar-refractivity contribution in [3.8, 4) is 0 Å². The Morgan fingerprint density at radius 3 is 1.47 bits per heavy atom. The third-order valence-electron chi connectivity index (χ3n) is 8.95. The number of hydrogen-bond donors (Lipinski definition) is 3. The summed E-state index contributed by atoms with van der Waals surface area (Å²) >= 11 is 0. The summed E-state index contributed by atoms with van der Waals surface area (Å²) in [5.74, 6) is -0.412. The van der Waals surface area contributed by atoms with Crippen molar-refractivity contribution in [3.63, 3.8) is 0 Å². The van der Waals surface area contributed by atoms with Gasteiger partial charge in [-0.2, -0.15) is 0 Å². The van der Waals surface area contributed by atoms with Gasteiger partial charge in [0, 0.05) is 6.42 Å². The van der Waals surface area contributed by atoms with E-state index in [-0.39, 0.29) is 13.0 Å². The van der Waals surface area contributed by atoms with Crippen LogP contribution in [0.5, 0.6) is 0 Å². The van der Waals surface area contributed by atoms with E-state index in [1.807, 2.05) is 6.08 Å². The standard InChI is InChI=1S/C41H79O9P/c1-3-5-7-9-11-13-15-17-19-20-22-24-26-28-30-32-34-47-37-40(38-49-51(45,46)48-36-39(43)35-42)50-41(44)33-31-29-27-25-23-21-18-16-14-12-10-8-6-4-2/h16,18,32,34,39-40,42-43H,3-15,17,19-31,33,35-38H2,1-2H3,(H,45,46)/b18-16-,34-32-/t39-,40+/m0/s1. The van der Waals surface area contributed by atoms with Crippen molar-refractivity contribution in [2.24, 2.45) is 0 Å². The van der Waals surface area contributed by atoms with Gasteiger partial charge in [0.05, 0.1) is 26.1 Å². The Labute approximate surface area is 313 Å². The number of carbonyl (C=O) groups excluding carboxylic acids is 1. The maximum Gasteiger partial charge on any atom is 0.472 e. The van der Waals surface area contributed by atoms with Crippen LogP contribution in [-0.2, 0) is 27.9 Å². The maximum absolute atomic E-state index is 12.6. The zero-order chi connectivity index (χ0) is 37.5. The first-order chi connectivity index (χ1) is 24.8. The first-order valence-corrected chi connectivity index (χ1v) is 22.4. The number of hydrogen-bond acceptors (Lipinski definition) is 8. The fourth-order valence-electron chi connectivity index (χ4n) is 5.73. The molecule has 3 atom stereocenters. The summed E-state index contributed by atoms with van der Waals surface area (Å²) in [5, 5.41) is 18.3. The Bertz CT molecular complexity index is 851. The minimum absolute atomic E-state index is 0.0352. The molecule has 0 aromatic heterocycles. The molecule has 0 radical (unpaired) electrons. The number of aliphatic hydroxyl groups excluding tert-OH is 2. The van der Waals surface area contributed by atoms with Crippen molar-refractivity contribution in [3.05, 3.63) is 24.5 Å². The van der Waals surface area contributed by atoms with E-state index in [4.69, 9.17) is 23.6 Å². The second-order valence-corrected chi connectivity index (χ2v) is 15.5. The molecule has 9 nitrogen and oxygen atoms in total. The lowest BCUT2D eigenvalue weighted by molar-refractivity contribution is -0.153. The molecule has 0 saturated carbocycles. The van der Waals surface area contributed by atoms with Crippen LogP contribution in [0.25, 0.3) is 0 Å². The van der Waals surface area contributed by atoms with Crippen LogP contribution in [0.15, 0.2) is 24.5 Å². The van der Waals surface area contributed by atoms with Crippen molar-refractivity contribution < 1.29 is 43.0 Å². The number of esters is 1. The van der Waals surface area contributed by atoms with Gasteiger partial charge < -0.3 is 24.6 Å². The van der Waals surface area contributed by atoms with Crippen LogP contribution in [0, 0.1) is 0 Å². The van der Waals surface area contributed by atoms with Gasteiger partial charge in [-0.05, 0) is 51.0 Å². The molecule has 3 N–H and O–H groups in total. The Hall–Kier alpha value is -1.22. The van der Waals surface area contributed by atoms with E-state index < -0.39 is 45.8 Å². The monoisotopic (exact) mass is 747 g/mol. The van der Waals surface area contributed by atoms with Gasteiger partial charge in [-0.25, -0.2) is 4.57 Å². The number of ether oxygens (including phenoxy) is 2. The lowest BCUT2D eigenvalue weighted by Crippen LogP contribution is -2.28. The largest absolute Gasteiger partial charge is 0.498 e. The van der Waals surface area contributed by atoms with Crippen molar-refractivity contribution >= 4 is 13.8 Å². The van der Waals surface area contributed by atoms with Crippen molar-refractivity contribution in [1.82, 2.24) is 0 Å². The van der Waals surface area contributed by atoms with Gasteiger partial charge in [0.2, 0.25) is 0 Å². The molecule has 0 saturated heterocycles. The SMILES string of the molecule is CCCCCCC/C=C\CCCCCCCC(=O)O[C@H](CO/C=C\CCCCCCCCCCCCCCCC)COP(=O)(O)OC[C@@H](O)CO. The first-order valence-electron chi connectivity index (χ1n) is 20.9. The van der Waals surface area contributed by atoms with Gasteiger partial charge in [0.25, 0.3) is 0 Å². The van der Waals surface area contributed by atoms with E-state index in [9.17, 15) is 19.4 Å². The molecule has 0 aliphatic heterocycles. The molecule has 0 aliphatic rings. The molecule has 0 aromatic rings. The Morgan fingerprint density at radius 1 is 0.588 bits per heavy atom. The normalized spacial score (nSPS) is 14.3. The van der Waals surface area contributed by atoms with E-state index in [0.717, 1.165) is 44.9 Å². The van der Waals surface area contributed by atoms with Gasteiger partial charge in [0.1, 0.15) is 12.7 Å². The molecule has 0 heterocycles. The lowest BCUT2D eigenvalue weighted by atomic mass is 10.0. The Morgan fingerprint density at radius 2 is 1.00 bits per heavy atom. The number of phosphoric acid groups is 1. The average Bonchev–Trinajstić information content (AvgIpc) is 3.12. The second-order valence-electron chi connectivity index (χ2n) is 14.1. The van der Waals surface area contributed by atoms with E-state index in [2.05, 4.69) is 26.0 Å². The smallest absolute Gasteiger partial charge is 0.472 e. The van der Waals surface area contributed by atoms with Crippen LogP contribution >= 0.6 is 7.82 Å². The van der Waals surface area contributed by atoms with Crippen LogP contribution in [0.4, 0.5) is 0 Å². The number of phosphoric ester groups is 1. The molecular weight excluding hydrogens is 667 g/mol. The highest BCUT2D eigenvalue weighted by atomic mass is 31.2. The van der Waals surface area contributed by atoms with E-state index in [0.29, 0.717) is 6.42 Å². The Kier molecular flexibility index (Phi) is 37.6. The minimum Gasteiger partial charge on any atom is -0.498 e. The predicted octanol–water partition coefficient (Wildman–Crippen LogP) is 11.4. The van der Waals surface area contributed by atoms with Crippen LogP contribution in [0.2, 0.25) is 0 Å². The van der Waals surface area contributed by atoms with E-state index in [1.54, 1.807) is 6.26 Å². The van der Waals surface area contributed by atoms with E-state index >= 15 is 0 Å². The fraction of sp³-hybridized carbons (Fsp3) is 0.878. The van der Waals surface area contributed by atoms with Crippen molar-refractivity contribution in [2.45, 2.75) is 206 Å². The van der Waals surface area contributed by atoms with Crippen molar-refractivity contribution in [1.29, 1.82) is 0 Å². The van der Waals surface area contributed by atoms with Gasteiger partial charge >= 0.3 is 13.8 Å². The Balaban J connectivity index is 4.24. The number of allylic oxidation sites excluding steroid dienone is 3. The van der Waals surface area contributed by atoms with Gasteiger partial charge in [0.15, 0.2) is 6.10 Å². The average molecular weight is 747 g/mol. The number of rotatable bonds is 40. The van der Waals surface area contributed by atoms with Gasteiger partial charge in [-0.15, -0.1) is 0 Å². The predicted molar refractivity (Wildman–Crippen MR) is 210 cm³/mol. The second kappa shape index (κ2) is 38.5. The number of unbranched alkanes of at least 4 members (excludes halogenated alkanes) is 24. The molecule has 0 aromatic carbocycles. The fourth-order valence-corrected chi connectivity index (χ4v) is 6.52. The van der Waals surface area contributed by atoms with Crippen LogP contribution < -0.4 is 0 Å². The third kappa shape index (κ3) is 38.3. The number of carbonyl (C=O) groups is 1. The molecule has 51 heavy (non-hydrogen) atoms. The summed E-state index contributed by atoms with van der Waals surface area (Å²) in [6, 6.07) is 0. The van der Waals surface area contributed by atoms with E-state index in [1.165, 1.54) is 122 Å². The lowest BCUT2D eigenvalue weighted by Gasteiger charge is -2.20. The van der Waals surface area contributed by atoms with Crippen molar-refractivity contribution in [2.75, 3.05) is 26.4 Å². The molecule has 0 bridgehead atoms. The van der Waals surface area contributed by atoms with Gasteiger partial charge in [-0.3, -0.25) is 13.8 Å². The first kappa shape index (κ1) is 49.8. The summed E-state index contributed by atoms with van der Waals surface area (Å²) in [6.07, 6.45) is 39.4. The summed E-state index contributed by atoms with van der Waals surface area (Å²) < 4.78 is 33.1. The van der Waals surface area contributed by atoms with Crippen LogP contribution in [0.1, 0.15) is 194 Å². The summed E-state index contributed by atoms with van der Waals surface area (Å²) in [5.41, 5.74) is 0. The van der Waals surface area contributed by atoms with Crippen LogP contribution in [-0.4, -0.2) is 59.7 Å². The summed E-state index contributed by atoms with van der Waals surface area (Å²) in [7, 11) is -4.53. The molecule has 10 heteroatoms. The molecule has 302 valence electrons. The highest BCUT2D eigenvalue weighted by molar-refractivity contribution is 7.47. The molecular formula is C41H79O9P. The molecule has 0 aliphatic carbocycles. The topological polar surface area (TPSA) is 132 Å². The summed E-state index contributed by atoms with van der Waals surface area (Å²) in [6.45, 7) is 2.88. The highest BCUT2D eigenvalue weighted by Crippen LogP contribution is 2.43. The molecule has 0 amide bonds. The molecule has 1 unspecified atom stereocenters. The maximum atomic E-state index is 12.6. The zero-order valence-electron chi connectivity index (χ0n) is 32.8. The zero-order valence-corrected chi connectivity index (χ0v) is 33.7. The highest BCUT2D eigenvalue weighted by Gasteiger charge is 2.26. The molecule has 0 fully saturated rings. The quantitative estimate of drug-likeness (QED) is 0.0184. The van der Waals surface area contributed by atoms with Gasteiger partial charge in [-0.1, -0.05) is 154 Å². The molecule has 0 spiro atoms. The third-order valence-corrected chi connectivity index (χ3v) is 9.90.